The summed E-state index contributed by atoms with van der Waals surface area (Å²) < 4.78 is 38.7. The normalized spacial score (nSPS) is 27.6. The molecule has 3 rings (SSSR count). The van der Waals surface area contributed by atoms with E-state index < -0.39 is 11.9 Å². The number of aromatic nitrogens is 1. The molecule has 1 aromatic rings. The molecule has 0 radical (unpaired) electrons. The SMILES string of the molecule is CC1CC1c1nc(C(F)(F)F)c(CNC2CC2)s1. The molecule has 0 aliphatic heterocycles. The number of halogens is 3. The summed E-state index contributed by atoms with van der Waals surface area (Å²) in [5.74, 6) is 0.743. The molecule has 2 unspecified atom stereocenters. The Balaban J connectivity index is 1.81. The summed E-state index contributed by atoms with van der Waals surface area (Å²) in [5, 5.41) is 3.81. The minimum absolute atomic E-state index is 0.255. The van der Waals surface area contributed by atoms with Gasteiger partial charge in [-0.15, -0.1) is 11.3 Å². The predicted octanol–water partition coefficient (Wildman–Crippen LogP) is 3.54. The van der Waals surface area contributed by atoms with Gasteiger partial charge in [-0.25, -0.2) is 4.98 Å². The Morgan fingerprint density at radius 3 is 2.56 bits per heavy atom. The Hall–Kier alpha value is -0.620. The molecule has 2 aliphatic carbocycles. The molecular weight excluding hydrogens is 261 g/mol. The highest BCUT2D eigenvalue weighted by Gasteiger charge is 2.42. The van der Waals surface area contributed by atoms with Crippen molar-refractivity contribution in [2.45, 2.75) is 50.9 Å². The zero-order valence-electron chi connectivity index (χ0n) is 10.0. The molecule has 1 N–H and O–H groups in total. The van der Waals surface area contributed by atoms with Crippen LogP contribution < -0.4 is 5.32 Å². The van der Waals surface area contributed by atoms with Gasteiger partial charge in [0.05, 0.1) is 9.88 Å². The topological polar surface area (TPSA) is 24.9 Å². The lowest BCUT2D eigenvalue weighted by atomic mass is 10.3. The zero-order chi connectivity index (χ0) is 12.9. The zero-order valence-corrected chi connectivity index (χ0v) is 10.9. The first-order valence-corrected chi connectivity index (χ1v) is 7.07. The van der Waals surface area contributed by atoms with Crippen molar-refractivity contribution in [3.05, 3.63) is 15.6 Å². The van der Waals surface area contributed by atoms with Crippen LogP contribution in [0, 0.1) is 5.92 Å². The van der Waals surface area contributed by atoms with Crippen molar-refractivity contribution in [2.75, 3.05) is 0 Å². The molecular formula is C12H15F3N2S. The summed E-state index contributed by atoms with van der Waals surface area (Å²) in [6, 6.07) is 0.413. The smallest absolute Gasteiger partial charge is 0.309 e. The minimum Gasteiger partial charge on any atom is -0.309 e. The standard InChI is InChI=1S/C12H15F3N2S/c1-6-4-8(6)11-17-10(12(13,14)15)9(18-11)5-16-7-2-3-7/h6-8,16H,2-5H2,1H3. The molecule has 2 nitrogen and oxygen atoms in total. The molecule has 1 aromatic heterocycles. The van der Waals surface area contributed by atoms with Crippen LogP contribution in [0.15, 0.2) is 0 Å². The van der Waals surface area contributed by atoms with Crippen molar-refractivity contribution >= 4 is 11.3 Å². The highest BCUT2D eigenvalue weighted by atomic mass is 32.1. The first kappa shape index (κ1) is 12.4. The van der Waals surface area contributed by atoms with E-state index in [2.05, 4.69) is 17.2 Å². The Kier molecular flexibility index (Phi) is 2.90. The molecule has 18 heavy (non-hydrogen) atoms. The lowest BCUT2D eigenvalue weighted by Crippen LogP contribution is -2.18. The van der Waals surface area contributed by atoms with Gasteiger partial charge in [0, 0.05) is 18.5 Å². The molecule has 0 bridgehead atoms. The molecule has 100 valence electrons. The van der Waals surface area contributed by atoms with Gasteiger partial charge >= 0.3 is 6.18 Å². The van der Waals surface area contributed by atoms with Gasteiger partial charge in [-0.2, -0.15) is 13.2 Å². The van der Waals surface area contributed by atoms with Crippen molar-refractivity contribution < 1.29 is 13.2 Å². The average Bonchev–Trinajstić information content (AvgIpc) is 3.17. The van der Waals surface area contributed by atoms with Crippen LogP contribution in [0.3, 0.4) is 0 Å². The van der Waals surface area contributed by atoms with Crippen LogP contribution in [0.2, 0.25) is 0 Å². The second kappa shape index (κ2) is 4.20. The maximum Gasteiger partial charge on any atom is 0.434 e. The summed E-state index contributed by atoms with van der Waals surface area (Å²) in [7, 11) is 0. The lowest BCUT2D eigenvalue weighted by molar-refractivity contribution is -0.141. The quantitative estimate of drug-likeness (QED) is 0.910. The maximum atomic E-state index is 12.9. The highest BCUT2D eigenvalue weighted by Crippen LogP contribution is 2.49. The number of hydrogen-bond donors (Lipinski definition) is 1. The number of hydrogen-bond acceptors (Lipinski definition) is 3. The number of rotatable bonds is 4. The van der Waals surface area contributed by atoms with E-state index in [1.807, 2.05) is 0 Å². The van der Waals surface area contributed by atoms with Gasteiger partial charge in [0.15, 0.2) is 5.69 Å². The molecule has 2 fully saturated rings. The monoisotopic (exact) mass is 276 g/mol. The van der Waals surface area contributed by atoms with Gasteiger partial charge in [-0.05, 0) is 25.2 Å². The second-order valence-electron chi connectivity index (χ2n) is 5.30. The van der Waals surface area contributed by atoms with E-state index in [0.29, 0.717) is 28.4 Å². The summed E-state index contributed by atoms with van der Waals surface area (Å²) in [4.78, 5) is 4.20. The van der Waals surface area contributed by atoms with Gasteiger partial charge < -0.3 is 5.32 Å². The van der Waals surface area contributed by atoms with Gasteiger partial charge in [0.1, 0.15) is 0 Å². The van der Waals surface area contributed by atoms with Crippen LogP contribution >= 0.6 is 11.3 Å². The molecule has 2 aliphatic rings. The number of nitrogens with zero attached hydrogens (tertiary/aromatic N) is 1. The van der Waals surface area contributed by atoms with E-state index >= 15 is 0 Å². The van der Waals surface area contributed by atoms with E-state index in [0.717, 1.165) is 19.3 Å². The molecule has 0 aromatic carbocycles. The van der Waals surface area contributed by atoms with Crippen LogP contribution in [0.4, 0.5) is 13.2 Å². The summed E-state index contributed by atoms with van der Waals surface area (Å²) in [6.45, 7) is 2.36. The summed E-state index contributed by atoms with van der Waals surface area (Å²) in [6.07, 6.45) is -1.20. The van der Waals surface area contributed by atoms with Crippen LogP contribution in [0.5, 0.6) is 0 Å². The van der Waals surface area contributed by atoms with Gasteiger partial charge in [0.25, 0.3) is 0 Å². The Labute approximate surface area is 108 Å². The second-order valence-corrected chi connectivity index (χ2v) is 6.41. The molecule has 0 amide bonds. The van der Waals surface area contributed by atoms with E-state index in [4.69, 9.17) is 0 Å². The molecule has 1 heterocycles. The molecule has 0 spiro atoms. The van der Waals surface area contributed by atoms with Gasteiger partial charge in [-0.1, -0.05) is 6.92 Å². The van der Waals surface area contributed by atoms with Gasteiger partial charge in [-0.3, -0.25) is 0 Å². The molecule has 6 heteroatoms. The first-order valence-electron chi connectivity index (χ1n) is 6.25. The lowest BCUT2D eigenvalue weighted by Gasteiger charge is -2.06. The van der Waals surface area contributed by atoms with Crippen molar-refractivity contribution in [1.29, 1.82) is 0 Å². The fourth-order valence-corrected chi connectivity index (χ4v) is 3.34. The minimum atomic E-state index is -4.33. The van der Waals surface area contributed by atoms with Crippen molar-refractivity contribution in [1.82, 2.24) is 10.3 Å². The third-order valence-corrected chi connectivity index (χ3v) is 4.72. The summed E-state index contributed by atoms with van der Waals surface area (Å²) >= 11 is 1.24. The fraction of sp³-hybridized carbons (Fsp3) is 0.750. The Morgan fingerprint density at radius 2 is 2.06 bits per heavy atom. The Morgan fingerprint density at radius 1 is 1.39 bits per heavy atom. The van der Waals surface area contributed by atoms with Crippen LogP contribution in [-0.4, -0.2) is 11.0 Å². The Bertz CT molecular complexity index is 451. The number of thiazole rings is 1. The first-order chi connectivity index (χ1) is 8.45. The number of nitrogens with one attached hydrogen (secondary N) is 1. The predicted molar refractivity (Wildman–Crippen MR) is 63.5 cm³/mol. The van der Waals surface area contributed by atoms with Gasteiger partial charge in [0.2, 0.25) is 0 Å². The van der Waals surface area contributed by atoms with E-state index in [1.54, 1.807) is 0 Å². The van der Waals surface area contributed by atoms with Crippen LogP contribution in [0.1, 0.15) is 47.7 Å². The van der Waals surface area contributed by atoms with E-state index in [-0.39, 0.29) is 5.92 Å². The summed E-state index contributed by atoms with van der Waals surface area (Å²) in [5.41, 5.74) is -0.672. The van der Waals surface area contributed by atoms with Crippen molar-refractivity contribution in [2.24, 2.45) is 5.92 Å². The van der Waals surface area contributed by atoms with Crippen LogP contribution in [0.25, 0.3) is 0 Å². The van der Waals surface area contributed by atoms with Crippen LogP contribution in [-0.2, 0) is 12.7 Å². The van der Waals surface area contributed by atoms with E-state index in [1.165, 1.54) is 11.3 Å². The fourth-order valence-electron chi connectivity index (χ4n) is 2.06. The molecule has 0 saturated heterocycles. The van der Waals surface area contributed by atoms with Crippen molar-refractivity contribution in [3.63, 3.8) is 0 Å². The van der Waals surface area contributed by atoms with E-state index in [9.17, 15) is 13.2 Å². The van der Waals surface area contributed by atoms with Crippen molar-refractivity contribution in [3.8, 4) is 0 Å². The average molecular weight is 276 g/mol. The molecule has 2 atom stereocenters. The highest BCUT2D eigenvalue weighted by molar-refractivity contribution is 7.11. The molecule has 2 saturated carbocycles. The largest absolute Gasteiger partial charge is 0.434 e. The third-order valence-electron chi connectivity index (χ3n) is 3.54. The number of alkyl halides is 3. The third kappa shape index (κ3) is 2.54. The maximum absolute atomic E-state index is 12.9.